The highest BCUT2D eigenvalue weighted by atomic mass is 16.3. The van der Waals surface area contributed by atoms with Crippen molar-refractivity contribution in [1.82, 2.24) is 0 Å². The van der Waals surface area contributed by atoms with Crippen molar-refractivity contribution in [3.8, 4) is 6.07 Å². The number of hydrogen-bond acceptors (Lipinski definition) is 4. The van der Waals surface area contributed by atoms with E-state index in [2.05, 4.69) is 5.32 Å². The number of anilines is 2. The second-order valence-electron chi connectivity index (χ2n) is 3.58. The Kier molecular flexibility index (Phi) is 4.98. The lowest BCUT2D eigenvalue weighted by Gasteiger charge is -2.18. The van der Waals surface area contributed by atoms with Crippen LogP contribution in [0.25, 0.3) is 0 Å². The minimum Gasteiger partial charge on any atom is -0.395 e. The first-order chi connectivity index (χ1) is 8.17. The van der Waals surface area contributed by atoms with Gasteiger partial charge in [0.1, 0.15) is 6.42 Å². The molecule has 0 radical (unpaired) electrons. The molecule has 0 fully saturated rings. The van der Waals surface area contributed by atoms with E-state index >= 15 is 0 Å². The monoisotopic (exact) mass is 233 g/mol. The van der Waals surface area contributed by atoms with Crippen LogP contribution >= 0.6 is 0 Å². The molecular weight excluding hydrogens is 218 g/mol. The number of likely N-dealkylation sites (N-methyl/N-ethyl adjacent to an activating group) is 1. The van der Waals surface area contributed by atoms with E-state index in [0.717, 1.165) is 5.69 Å². The lowest BCUT2D eigenvalue weighted by atomic mass is 10.2. The van der Waals surface area contributed by atoms with Crippen LogP contribution in [-0.4, -0.2) is 31.2 Å². The van der Waals surface area contributed by atoms with Crippen LogP contribution in [0.1, 0.15) is 6.42 Å². The molecule has 1 aromatic rings. The quantitative estimate of drug-likeness (QED) is 0.794. The van der Waals surface area contributed by atoms with Gasteiger partial charge in [0.2, 0.25) is 5.91 Å². The van der Waals surface area contributed by atoms with Gasteiger partial charge in [-0.15, -0.1) is 0 Å². The maximum Gasteiger partial charge on any atom is 0.238 e. The molecule has 0 atom stereocenters. The van der Waals surface area contributed by atoms with Crippen LogP contribution in [0, 0.1) is 11.3 Å². The van der Waals surface area contributed by atoms with Crippen molar-refractivity contribution in [2.24, 2.45) is 0 Å². The Morgan fingerprint density at radius 1 is 1.47 bits per heavy atom. The molecule has 0 bridgehead atoms. The first kappa shape index (κ1) is 13.0. The third-order valence-corrected chi connectivity index (χ3v) is 2.27. The highest BCUT2D eigenvalue weighted by molar-refractivity contribution is 5.92. The maximum atomic E-state index is 11.2. The molecule has 0 saturated heterocycles. The highest BCUT2D eigenvalue weighted by Crippen LogP contribution is 2.16. The van der Waals surface area contributed by atoms with Gasteiger partial charge < -0.3 is 15.3 Å². The summed E-state index contributed by atoms with van der Waals surface area (Å²) in [4.78, 5) is 13.1. The number of benzene rings is 1. The fourth-order valence-electron chi connectivity index (χ4n) is 1.36. The van der Waals surface area contributed by atoms with Gasteiger partial charge in [-0.05, 0) is 24.3 Å². The van der Waals surface area contributed by atoms with E-state index < -0.39 is 0 Å². The summed E-state index contributed by atoms with van der Waals surface area (Å²) in [5.74, 6) is -0.316. The third-order valence-electron chi connectivity index (χ3n) is 2.27. The van der Waals surface area contributed by atoms with Crippen molar-refractivity contribution in [3.05, 3.63) is 24.3 Å². The normalized spacial score (nSPS) is 9.47. The Bertz CT molecular complexity index is 409. The van der Waals surface area contributed by atoms with E-state index in [4.69, 9.17) is 10.4 Å². The first-order valence-corrected chi connectivity index (χ1v) is 5.26. The molecule has 17 heavy (non-hydrogen) atoms. The van der Waals surface area contributed by atoms with Gasteiger partial charge in [-0.3, -0.25) is 4.79 Å². The minimum absolute atomic E-state index is 0.0944. The van der Waals surface area contributed by atoms with Crippen molar-refractivity contribution >= 4 is 17.3 Å². The second-order valence-corrected chi connectivity index (χ2v) is 3.58. The molecule has 1 rings (SSSR count). The number of hydrogen-bond donors (Lipinski definition) is 2. The van der Waals surface area contributed by atoms with Crippen molar-refractivity contribution < 1.29 is 9.90 Å². The Morgan fingerprint density at radius 3 is 2.65 bits per heavy atom. The standard InChI is InChI=1S/C12H15N3O2/c1-15(8-9-16)11-4-2-10(3-5-11)14-12(17)6-7-13/h2-5,16H,6,8-9H2,1H3,(H,14,17). The lowest BCUT2D eigenvalue weighted by molar-refractivity contribution is -0.115. The predicted molar refractivity (Wildman–Crippen MR) is 65.7 cm³/mol. The fraction of sp³-hybridized carbons (Fsp3) is 0.333. The lowest BCUT2D eigenvalue weighted by Crippen LogP contribution is -2.21. The molecule has 5 heteroatoms. The zero-order valence-electron chi connectivity index (χ0n) is 9.68. The van der Waals surface area contributed by atoms with Crippen LogP contribution < -0.4 is 10.2 Å². The largest absolute Gasteiger partial charge is 0.395 e. The van der Waals surface area contributed by atoms with Gasteiger partial charge in [0.05, 0.1) is 12.7 Å². The van der Waals surface area contributed by atoms with Gasteiger partial charge in [0.25, 0.3) is 0 Å². The Labute approximate surface area is 100 Å². The van der Waals surface area contributed by atoms with Gasteiger partial charge in [-0.1, -0.05) is 0 Å². The predicted octanol–water partition coefficient (Wildman–Crippen LogP) is 0.967. The van der Waals surface area contributed by atoms with E-state index in [1.807, 2.05) is 24.1 Å². The van der Waals surface area contributed by atoms with Crippen LogP contribution in [-0.2, 0) is 4.79 Å². The van der Waals surface area contributed by atoms with E-state index in [1.54, 1.807) is 18.2 Å². The average molecular weight is 233 g/mol. The smallest absolute Gasteiger partial charge is 0.238 e. The van der Waals surface area contributed by atoms with Crippen LogP contribution in [0.2, 0.25) is 0 Å². The Hall–Kier alpha value is -2.06. The number of nitrogens with zero attached hydrogens (tertiary/aromatic N) is 2. The molecule has 5 nitrogen and oxygen atoms in total. The van der Waals surface area contributed by atoms with Crippen LogP contribution in [0.15, 0.2) is 24.3 Å². The van der Waals surface area contributed by atoms with Crippen LogP contribution in [0.3, 0.4) is 0 Å². The van der Waals surface area contributed by atoms with E-state index in [-0.39, 0.29) is 18.9 Å². The second kappa shape index (κ2) is 6.51. The number of carbonyl (C=O) groups excluding carboxylic acids is 1. The molecule has 90 valence electrons. The summed E-state index contributed by atoms with van der Waals surface area (Å²) in [6.07, 6.45) is -0.147. The summed E-state index contributed by atoms with van der Waals surface area (Å²) in [6.45, 7) is 0.650. The SMILES string of the molecule is CN(CCO)c1ccc(NC(=O)CC#N)cc1. The molecule has 0 aliphatic rings. The van der Waals surface area contributed by atoms with Gasteiger partial charge in [-0.2, -0.15) is 5.26 Å². The summed E-state index contributed by atoms with van der Waals surface area (Å²) in [5.41, 5.74) is 1.61. The summed E-state index contributed by atoms with van der Waals surface area (Å²) in [5, 5.41) is 19.8. The number of aliphatic hydroxyl groups excluding tert-OH is 1. The Balaban J connectivity index is 2.62. The van der Waals surface area contributed by atoms with Crippen LogP contribution in [0.4, 0.5) is 11.4 Å². The maximum absolute atomic E-state index is 11.2. The highest BCUT2D eigenvalue weighted by Gasteiger charge is 2.02. The van der Waals surface area contributed by atoms with Crippen LogP contribution in [0.5, 0.6) is 0 Å². The first-order valence-electron chi connectivity index (χ1n) is 5.26. The number of aliphatic hydroxyl groups is 1. The van der Waals surface area contributed by atoms with Gasteiger partial charge >= 0.3 is 0 Å². The number of amides is 1. The summed E-state index contributed by atoms with van der Waals surface area (Å²) in [7, 11) is 1.87. The molecule has 0 aliphatic carbocycles. The summed E-state index contributed by atoms with van der Waals surface area (Å²) < 4.78 is 0. The zero-order chi connectivity index (χ0) is 12.7. The van der Waals surface area contributed by atoms with Crippen molar-refractivity contribution in [1.29, 1.82) is 5.26 Å². The number of nitrogens with one attached hydrogen (secondary N) is 1. The molecule has 2 N–H and O–H groups in total. The van der Waals surface area contributed by atoms with E-state index in [1.165, 1.54) is 0 Å². The average Bonchev–Trinajstić information content (AvgIpc) is 2.30. The molecule has 0 aliphatic heterocycles. The summed E-state index contributed by atoms with van der Waals surface area (Å²) in [6, 6.07) is 9.00. The van der Waals surface area contributed by atoms with Gasteiger partial charge in [0, 0.05) is 25.0 Å². The zero-order valence-corrected chi connectivity index (χ0v) is 9.68. The minimum atomic E-state index is -0.316. The van der Waals surface area contributed by atoms with Gasteiger partial charge in [-0.25, -0.2) is 0 Å². The number of carbonyl (C=O) groups is 1. The molecule has 0 aromatic heterocycles. The Morgan fingerprint density at radius 2 is 2.12 bits per heavy atom. The van der Waals surface area contributed by atoms with Crippen molar-refractivity contribution in [3.63, 3.8) is 0 Å². The van der Waals surface area contributed by atoms with Crippen molar-refractivity contribution in [2.45, 2.75) is 6.42 Å². The fourth-order valence-corrected chi connectivity index (χ4v) is 1.36. The molecule has 0 unspecified atom stereocenters. The molecule has 1 amide bonds. The molecule has 1 aromatic carbocycles. The molecule has 0 heterocycles. The van der Waals surface area contributed by atoms with E-state index in [0.29, 0.717) is 12.2 Å². The molecule has 0 saturated carbocycles. The summed E-state index contributed by atoms with van der Waals surface area (Å²) >= 11 is 0. The molecule has 0 spiro atoms. The number of rotatable bonds is 5. The van der Waals surface area contributed by atoms with Crippen molar-refractivity contribution in [2.75, 3.05) is 30.4 Å². The topological polar surface area (TPSA) is 76.4 Å². The van der Waals surface area contributed by atoms with Gasteiger partial charge in [0.15, 0.2) is 0 Å². The third kappa shape index (κ3) is 4.13. The van der Waals surface area contributed by atoms with E-state index in [9.17, 15) is 4.79 Å². The molecular formula is C12H15N3O2. The number of nitriles is 1.